The Morgan fingerprint density at radius 1 is 0.633 bits per heavy atom. The summed E-state index contributed by atoms with van der Waals surface area (Å²) in [6.07, 6.45) is 0.899. The van der Waals surface area contributed by atoms with E-state index in [1.165, 1.54) is 12.1 Å². The lowest BCUT2D eigenvalue weighted by molar-refractivity contribution is 0.522. The molecule has 3 rings (SSSR count). The van der Waals surface area contributed by atoms with Crippen LogP contribution in [0, 0.1) is 0 Å². The lowest BCUT2D eigenvalue weighted by Crippen LogP contribution is -2.30. The molecule has 3 aromatic rings. The van der Waals surface area contributed by atoms with E-state index >= 15 is 0 Å². The molecule has 158 valence electrons. The van der Waals surface area contributed by atoms with Crippen LogP contribution in [0.1, 0.15) is 24.4 Å². The van der Waals surface area contributed by atoms with E-state index in [-0.39, 0.29) is 16.3 Å². The van der Waals surface area contributed by atoms with Crippen LogP contribution in [0.4, 0.5) is 0 Å². The van der Waals surface area contributed by atoms with Crippen molar-refractivity contribution >= 4 is 20.0 Å². The molecule has 0 amide bonds. The minimum absolute atomic E-state index is 0.190. The normalized spacial score (nSPS) is 13.1. The fourth-order valence-corrected chi connectivity index (χ4v) is 5.40. The summed E-state index contributed by atoms with van der Waals surface area (Å²) in [5, 5.41) is 0. The molecular formula is C22H24N2O4S2. The van der Waals surface area contributed by atoms with Gasteiger partial charge in [0.15, 0.2) is 0 Å². The van der Waals surface area contributed by atoms with Gasteiger partial charge < -0.3 is 0 Å². The Kier molecular flexibility index (Phi) is 7.38. The number of benzene rings is 3. The summed E-state index contributed by atoms with van der Waals surface area (Å²) in [7, 11) is -7.29. The molecule has 0 saturated heterocycles. The minimum atomic E-state index is -3.70. The Bertz CT molecular complexity index is 1140. The van der Waals surface area contributed by atoms with Crippen molar-refractivity contribution < 1.29 is 16.8 Å². The highest BCUT2D eigenvalue weighted by Crippen LogP contribution is 2.21. The number of nitrogens with one attached hydrogen (secondary N) is 2. The summed E-state index contributed by atoms with van der Waals surface area (Å²) in [5.74, 6) is 0. The smallest absolute Gasteiger partial charge is 0.211 e. The number of hydrogen-bond donors (Lipinski definition) is 2. The van der Waals surface area contributed by atoms with Gasteiger partial charge in [-0.05, 0) is 42.7 Å². The predicted octanol–water partition coefficient (Wildman–Crippen LogP) is 3.46. The monoisotopic (exact) mass is 444 g/mol. The Morgan fingerprint density at radius 3 is 1.63 bits per heavy atom. The van der Waals surface area contributed by atoms with Gasteiger partial charge in [0.2, 0.25) is 20.0 Å². The standard InChI is InChI=1S/C22H24N2O4S2/c25-29(26,20-13-6-2-7-14-20)23-18-10-17-22(19-11-4-1-5-12-19)24-30(27,28)21-15-8-3-9-16-21/h1-9,11-16,22-24H,10,17-18H2. The van der Waals surface area contributed by atoms with Gasteiger partial charge in [-0.15, -0.1) is 0 Å². The van der Waals surface area contributed by atoms with Crippen molar-refractivity contribution in [1.82, 2.24) is 9.44 Å². The third-order valence-corrected chi connectivity index (χ3v) is 7.53. The summed E-state index contributed by atoms with van der Waals surface area (Å²) in [6, 6.07) is 25.1. The van der Waals surface area contributed by atoms with Crippen LogP contribution >= 0.6 is 0 Å². The average Bonchev–Trinajstić information content (AvgIpc) is 2.77. The Morgan fingerprint density at radius 2 is 1.10 bits per heavy atom. The molecule has 0 aliphatic heterocycles. The number of sulfonamides is 2. The molecule has 0 aliphatic carbocycles. The van der Waals surface area contributed by atoms with Crippen molar-refractivity contribution in [2.24, 2.45) is 0 Å². The van der Waals surface area contributed by atoms with E-state index in [4.69, 9.17) is 0 Å². The van der Waals surface area contributed by atoms with Gasteiger partial charge >= 0.3 is 0 Å². The molecule has 0 bridgehead atoms. The maximum Gasteiger partial charge on any atom is 0.241 e. The van der Waals surface area contributed by atoms with E-state index in [2.05, 4.69) is 9.44 Å². The van der Waals surface area contributed by atoms with Gasteiger partial charge in [0.1, 0.15) is 0 Å². The lowest BCUT2D eigenvalue weighted by atomic mass is 10.0. The third-order valence-electron chi connectivity index (χ3n) is 4.57. The summed E-state index contributed by atoms with van der Waals surface area (Å²) in [4.78, 5) is 0.394. The molecule has 0 heterocycles. The Labute approximate surface area is 178 Å². The maximum absolute atomic E-state index is 12.8. The van der Waals surface area contributed by atoms with Crippen molar-refractivity contribution in [2.75, 3.05) is 6.54 Å². The molecule has 0 spiro atoms. The van der Waals surface area contributed by atoms with Crippen molar-refractivity contribution in [3.63, 3.8) is 0 Å². The van der Waals surface area contributed by atoms with Crippen LogP contribution in [-0.4, -0.2) is 23.4 Å². The zero-order valence-electron chi connectivity index (χ0n) is 16.3. The molecule has 1 atom stereocenters. The van der Waals surface area contributed by atoms with Gasteiger partial charge in [0.05, 0.1) is 9.79 Å². The van der Waals surface area contributed by atoms with Gasteiger partial charge in [0.25, 0.3) is 0 Å². The Balaban J connectivity index is 1.67. The van der Waals surface area contributed by atoms with Crippen LogP contribution in [0.3, 0.4) is 0 Å². The summed E-state index contributed by atoms with van der Waals surface area (Å²) in [6.45, 7) is 0.202. The Hall–Kier alpha value is -2.52. The van der Waals surface area contributed by atoms with E-state index in [0.717, 1.165) is 5.56 Å². The zero-order valence-corrected chi connectivity index (χ0v) is 17.9. The SMILES string of the molecule is O=S(=O)(NCCCC(NS(=O)(=O)c1ccccc1)c1ccccc1)c1ccccc1. The highest BCUT2D eigenvalue weighted by molar-refractivity contribution is 7.89. The van der Waals surface area contributed by atoms with E-state index < -0.39 is 26.1 Å². The molecule has 30 heavy (non-hydrogen) atoms. The topological polar surface area (TPSA) is 92.3 Å². The lowest BCUT2D eigenvalue weighted by Gasteiger charge is -2.19. The number of hydrogen-bond acceptors (Lipinski definition) is 4. The predicted molar refractivity (Wildman–Crippen MR) is 117 cm³/mol. The second-order valence-electron chi connectivity index (χ2n) is 6.75. The molecule has 0 radical (unpaired) electrons. The second kappa shape index (κ2) is 9.99. The van der Waals surface area contributed by atoms with Crippen LogP contribution in [-0.2, 0) is 20.0 Å². The van der Waals surface area contributed by atoms with Crippen molar-refractivity contribution in [3.8, 4) is 0 Å². The fourth-order valence-electron chi connectivity index (χ4n) is 3.03. The maximum atomic E-state index is 12.8. The summed E-state index contributed by atoms with van der Waals surface area (Å²) >= 11 is 0. The van der Waals surface area contributed by atoms with Crippen molar-refractivity contribution in [2.45, 2.75) is 28.7 Å². The molecule has 3 aromatic carbocycles. The van der Waals surface area contributed by atoms with E-state index in [1.807, 2.05) is 30.3 Å². The second-order valence-corrected chi connectivity index (χ2v) is 10.2. The van der Waals surface area contributed by atoms with Crippen LogP contribution in [0.15, 0.2) is 101 Å². The van der Waals surface area contributed by atoms with Crippen LogP contribution in [0.25, 0.3) is 0 Å². The molecule has 0 saturated carbocycles. The molecule has 8 heteroatoms. The molecule has 0 aromatic heterocycles. The first-order valence-electron chi connectivity index (χ1n) is 9.55. The van der Waals surface area contributed by atoms with Gasteiger partial charge in [-0.3, -0.25) is 0 Å². The summed E-state index contributed by atoms with van der Waals surface area (Å²) in [5.41, 5.74) is 0.822. The summed E-state index contributed by atoms with van der Waals surface area (Å²) < 4.78 is 55.5. The van der Waals surface area contributed by atoms with Gasteiger partial charge in [0, 0.05) is 12.6 Å². The van der Waals surface area contributed by atoms with Crippen molar-refractivity contribution in [1.29, 1.82) is 0 Å². The number of rotatable bonds is 10. The van der Waals surface area contributed by atoms with Crippen LogP contribution in [0.5, 0.6) is 0 Å². The molecule has 2 N–H and O–H groups in total. The van der Waals surface area contributed by atoms with Crippen molar-refractivity contribution in [3.05, 3.63) is 96.6 Å². The van der Waals surface area contributed by atoms with Crippen LogP contribution < -0.4 is 9.44 Å². The van der Waals surface area contributed by atoms with E-state index in [1.54, 1.807) is 48.5 Å². The first-order chi connectivity index (χ1) is 14.4. The first kappa shape index (κ1) is 22.2. The van der Waals surface area contributed by atoms with Gasteiger partial charge in [-0.1, -0.05) is 66.7 Å². The average molecular weight is 445 g/mol. The van der Waals surface area contributed by atoms with Gasteiger partial charge in [-0.2, -0.15) is 0 Å². The van der Waals surface area contributed by atoms with E-state index in [9.17, 15) is 16.8 Å². The first-order valence-corrected chi connectivity index (χ1v) is 12.5. The molecule has 0 fully saturated rings. The molecule has 1 unspecified atom stereocenters. The quantitative estimate of drug-likeness (QED) is 0.469. The molecule has 6 nitrogen and oxygen atoms in total. The largest absolute Gasteiger partial charge is 0.241 e. The minimum Gasteiger partial charge on any atom is -0.211 e. The van der Waals surface area contributed by atoms with E-state index in [0.29, 0.717) is 12.8 Å². The van der Waals surface area contributed by atoms with Crippen LogP contribution in [0.2, 0.25) is 0 Å². The highest BCUT2D eigenvalue weighted by Gasteiger charge is 2.21. The molecule has 0 aliphatic rings. The highest BCUT2D eigenvalue weighted by atomic mass is 32.2. The molecular weight excluding hydrogens is 420 g/mol. The van der Waals surface area contributed by atoms with Gasteiger partial charge in [-0.25, -0.2) is 26.3 Å². The fraction of sp³-hybridized carbons (Fsp3) is 0.182. The zero-order chi connectivity index (χ0) is 21.5. The third kappa shape index (κ3) is 5.99.